The molecule has 1 heterocycles. The van der Waals surface area contributed by atoms with Crippen LogP contribution in [0.15, 0.2) is 42.6 Å². The number of nitrogens with zero attached hydrogens (tertiary/aromatic N) is 1. The number of anilines is 1. The molecule has 0 saturated carbocycles. The summed E-state index contributed by atoms with van der Waals surface area (Å²) in [5, 5.41) is 2.85. The Morgan fingerprint density at radius 2 is 2.05 bits per heavy atom. The van der Waals surface area contributed by atoms with Gasteiger partial charge in [0.1, 0.15) is 11.4 Å². The average molecular weight is 270 g/mol. The van der Waals surface area contributed by atoms with Crippen LogP contribution in [0.2, 0.25) is 0 Å². The summed E-state index contributed by atoms with van der Waals surface area (Å²) in [7, 11) is 1.65. The summed E-state index contributed by atoms with van der Waals surface area (Å²) in [6, 6.07) is 10.9. The van der Waals surface area contributed by atoms with Gasteiger partial charge in [-0.15, -0.1) is 0 Å². The first-order valence-corrected chi connectivity index (χ1v) is 6.52. The topological polar surface area (TPSA) is 51.2 Å². The molecule has 0 bridgehead atoms. The molecule has 104 valence electrons. The molecule has 0 saturated heterocycles. The number of methoxy groups -OCH3 is 1. The van der Waals surface area contributed by atoms with Crippen molar-refractivity contribution < 1.29 is 9.53 Å². The van der Waals surface area contributed by atoms with Crippen LogP contribution >= 0.6 is 0 Å². The highest BCUT2D eigenvalue weighted by molar-refractivity contribution is 6.02. The number of carbonyl (C=O) groups excluding carboxylic acids is 1. The first-order valence-electron chi connectivity index (χ1n) is 6.52. The van der Waals surface area contributed by atoms with Crippen LogP contribution in [0, 0.1) is 0 Å². The molecule has 0 aliphatic carbocycles. The fourth-order valence-corrected chi connectivity index (χ4v) is 1.96. The molecule has 1 aromatic carbocycles. The van der Waals surface area contributed by atoms with E-state index in [-0.39, 0.29) is 5.91 Å². The Bertz CT molecular complexity index is 595. The predicted molar refractivity (Wildman–Crippen MR) is 79.3 cm³/mol. The second-order valence-corrected chi connectivity index (χ2v) is 4.78. The fraction of sp³-hybridized carbons (Fsp3) is 0.250. The normalized spacial score (nSPS) is 10.4. The molecule has 0 atom stereocenters. The van der Waals surface area contributed by atoms with Crippen molar-refractivity contribution in [1.29, 1.82) is 0 Å². The minimum absolute atomic E-state index is 0.217. The molecule has 0 spiro atoms. The van der Waals surface area contributed by atoms with E-state index in [2.05, 4.69) is 24.1 Å². The number of ether oxygens (including phenoxy) is 1. The Morgan fingerprint density at radius 3 is 2.65 bits per heavy atom. The van der Waals surface area contributed by atoms with Gasteiger partial charge in [-0.3, -0.25) is 9.78 Å². The summed E-state index contributed by atoms with van der Waals surface area (Å²) >= 11 is 0. The van der Waals surface area contributed by atoms with Crippen molar-refractivity contribution in [3.05, 3.63) is 53.9 Å². The van der Waals surface area contributed by atoms with Crippen LogP contribution in [0.25, 0.3) is 0 Å². The zero-order valence-corrected chi connectivity index (χ0v) is 11.9. The lowest BCUT2D eigenvalue weighted by Gasteiger charge is -2.14. The second-order valence-electron chi connectivity index (χ2n) is 4.78. The standard InChI is InChI=1S/C16H18N2O2/c1-11(2)13-10-12(7-8-15(13)20-3)18-16(19)14-6-4-5-9-17-14/h4-11H,1-3H3,(H,18,19). The van der Waals surface area contributed by atoms with Crippen molar-refractivity contribution in [3.63, 3.8) is 0 Å². The van der Waals surface area contributed by atoms with Gasteiger partial charge in [0.15, 0.2) is 0 Å². The maximum Gasteiger partial charge on any atom is 0.274 e. The molecule has 0 radical (unpaired) electrons. The van der Waals surface area contributed by atoms with Gasteiger partial charge in [-0.1, -0.05) is 19.9 Å². The maximum atomic E-state index is 12.0. The predicted octanol–water partition coefficient (Wildman–Crippen LogP) is 3.47. The number of aromatic nitrogens is 1. The second kappa shape index (κ2) is 6.19. The smallest absolute Gasteiger partial charge is 0.274 e. The zero-order chi connectivity index (χ0) is 14.5. The summed E-state index contributed by atoms with van der Waals surface area (Å²) in [5.74, 6) is 0.929. The molecule has 0 aliphatic rings. The van der Waals surface area contributed by atoms with Gasteiger partial charge in [0.2, 0.25) is 0 Å². The van der Waals surface area contributed by atoms with Crippen LogP contribution in [-0.4, -0.2) is 18.0 Å². The third kappa shape index (κ3) is 3.15. The summed E-state index contributed by atoms with van der Waals surface area (Å²) < 4.78 is 5.33. The molecule has 1 aromatic heterocycles. The van der Waals surface area contributed by atoms with Crippen LogP contribution in [-0.2, 0) is 0 Å². The number of carbonyl (C=O) groups is 1. The molecule has 4 heteroatoms. The number of hydrogen-bond acceptors (Lipinski definition) is 3. The Labute approximate surface area is 118 Å². The largest absolute Gasteiger partial charge is 0.496 e. The lowest BCUT2D eigenvalue weighted by Crippen LogP contribution is -2.13. The number of benzene rings is 1. The first kappa shape index (κ1) is 14.1. The van der Waals surface area contributed by atoms with E-state index >= 15 is 0 Å². The van der Waals surface area contributed by atoms with Crippen molar-refractivity contribution in [1.82, 2.24) is 4.98 Å². The molecule has 20 heavy (non-hydrogen) atoms. The quantitative estimate of drug-likeness (QED) is 0.925. The summed E-state index contributed by atoms with van der Waals surface area (Å²) in [6.45, 7) is 4.17. The van der Waals surface area contributed by atoms with E-state index in [0.717, 1.165) is 17.0 Å². The molecule has 0 aliphatic heterocycles. The number of amides is 1. The van der Waals surface area contributed by atoms with Crippen molar-refractivity contribution in [2.45, 2.75) is 19.8 Å². The number of hydrogen-bond donors (Lipinski definition) is 1. The summed E-state index contributed by atoms with van der Waals surface area (Å²) in [4.78, 5) is 16.1. The fourth-order valence-electron chi connectivity index (χ4n) is 1.96. The monoisotopic (exact) mass is 270 g/mol. The number of nitrogens with one attached hydrogen (secondary N) is 1. The van der Waals surface area contributed by atoms with Crippen LogP contribution < -0.4 is 10.1 Å². The van der Waals surface area contributed by atoms with Crippen LogP contribution in [0.4, 0.5) is 5.69 Å². The van der Waals surface area contributed by atoms with Crippen molar-refractivity contribution in [2.24, 2.45) is 0 Å². The maximum absolute atomic E-state index is 12.0. The Morgan fingerprint density at radius 1 is 1.25 bits per heavy atom. The van der Waals surface area contributed by atoms with Gasteiger partial charge in [0.05, 0.1) is 7.11 Å². The van der Waals surface area contributed by atoms with Crippen molar-refractivity contribution in [3.8, 4) is 5.75 Å². The summed E-state index contributed by atoms with van der Waals surface area (Å²) in [5.41, 5.74) is 2.20. The van der Waals surface area contributed by atoms with E-state index in [4.69, 9.17) is 4.74 Å². The molecular formula is C16H18N2O2. The number of rotatable bonds is 4. The van der Waals surface area contributed by atoms with Gasteiger partial charge < -0.3 is 10.1 Å². The molecule has 0 fully saturated rings. The lowest BCUT2D eigenvalue weighted by atomic mass is 10.0. The molecule has 4 nitrogen and oxygen atoms in total. The van der Waals surface area contributed by atoms with E-state index in [1.165, 1.54) is 0 Å². The molecule has 0 unspecified atom stereocenters. The van der Waals surface area contributed by atoms with Crippen LogP contribution in [0.3, 0.4) is 0 Å². The van der Waals surface area contributed by atoms with E-state index in [0.29, 0.717) is 11.6 Å². The van der Waals surface area contributed by atoms with Gasteiger partial charge in [-0.05, 0) is 41.8 Å². The van der Waals surface area contributed by atoms with Crippen LogP contribution in [0.1, 0.15) is 35.8 Å². The van der Waals surface area contributed by atoms with E-state index in [9.17, 15) is 4.79 Å². The average Bonchev–Trinajstić information content (AvgIpc) is 2.48. The molecule has 2 aromatic rings. The molecule has 1 amide bonds. The Kier molecular flexibility index (Phi) is 4.35. The van der Waals surface area contributed by atoms with Gasteiger partial charge in [-0.25, -0.2) is 0 Å². The highest BCUT2D eigenvalue weighted by Crippen LogP contribution is 2.29. The van der Waals surface area contributed by atoms with Gasteiger partial charge >= 0.3 is 0 Å². The Hall–Kier alpha value is -2.36. The third-order valence-corrected chi connectivity index (χ3v) is 3.01. The van der Waals surface area contributed by atoms with E-state index < -0.39 is 0 Å². The van der Waals surface area contributed by atoms with E-state index in [1.54, 1.807) is 31.5 Å². The third-order valence-electron chi connectivity index (χ3n) is 3.01. The van der Waals surface area contributed by atoms with Gasteiger partial charge in [0, 0.05) is 11.9 Å². The molecule has 1 N–H and O–H groups in total. The van der Waals surface area contributed by atoms with E-state index in [1.807, 2.05) is 18.2 Å². The number of pyridine rings is 1. The highest BCUT2D eigenvalue weighted by atomic mass is 16.5. The summed E-state index contributed by atoms with van der Waals surface area (Å²) in [6.07, 6.45) is 1.60. The van der Waals surface area contributed by atoms with Crippen molar-refractivity contribution >= 4 is 11.6 Å². The van der Waals surface area contributed by atoms with Crippen LogP contribution in [0.5, 0.6) is 5.75 Å². The first-order chi connectivity index (χ1) is 9.61. The Balaban J connectivity index is 2.22. The highest BCUT2D eigenvalue weighted by Gasteiger charge is 2.11. The van der Waals surface area contributed by atoms with Gasteiger partial charge in [0.25, 0.3) is 5.91 Å². The van der Waals surface area contributed by atoms with Gasteiger partial charge in [-0.2, -0.15) is 0 Å². The minimum Gasteiger partial charge on any atom is -0.496 e. The van der Waals surface area contributed by atoms with Crippen molar-refractivity contribution in [2.75, 3.05) is 12.4 Å². The minimum atomic E-state index is -0.217. The molecule has 2 rings (SSSR count). The lowest BCUT2D eigenvalue weighted by molar-refractivity contribution is 0.102. The molecular weight excluding hydrogens is 252 g/mol. The SMILES string of the molecule is COc1ccc(NC(=O)c2ccccn2)cc1C(C)C. The zero-order valence-electron chi connectivity index (χ0n) is 11.9.